The lowest BCUT2D eigenvalue weighted by molar-refractivity contribution is 0.239. The molecule has 0 saturated heterocycles. The molecule has 0 bridgehead atoms. The van der Waals surface area contributed by atoms with Gasteiger partial charge in [0.25, 0.3) is 0 Å². The van der Waals surface area contributed by atoms with Crippen molar-refractivity contribution >= 4 is 55.4 Å². The van der Waals surface area contributed by atoms with Crippen LogP contribution in [0.1, 0.15) is 25.0 Å². The number of aryl methyl sites for hydroxylation is 1. The molecule has 0 unspecified atom stereocenters. The summed E-state index contributed by atoms with van der Waals surface area (Å²) in [5.41, 5.74) is 5.78. The molecule has 0 aliphatic carbocycles. The fourth-order valence-corrected chi connectivity index (χ4v) is 3.44. The second kappa shape index (κ2) is 8.18. The molecule has 23 heavy (non-hydrogen) atoms. The second-order valence-corrected chi connectivity index (χ2v) is 7.43. The summed E-state index contributed by atoms with van der Waals surface area (Å²) >= 11 is 13.1. The topological polar surface area (TPSA) is 33.6 Å². The van der Waals surface area contributed by atoms with Crippen molar-refractivity contribution < 1.29 is 4.74 Å². The van der Waals surface area contributed by atoms with E-state index in [2.05, 4.69) is 42.4 Å². The minimum atomic E-state index is 0.107. The van der Waals surface area contributed by atoms with Gasteiger partial charge in [0.1, 0.15) is 5.75 Å². The Kier molecular flexibility index (Phi) is 6.50. The fraction of sp³-hybridized carbons (Fsp3) is 0.235. The number of ether oxygens (including phenoxy) is 1. The van der Waals surface area contributed by atoms with Gasteiger partial charge in [0.2, 0.25) is 0 Å². The number of anilines is 1. The highest BCUT2D eigenvalue weighted by Crippen LogP contribution is 2.35. The molecule has 0 aliphatic heterocycles. The van der Waals surface area contributed by atoms with Gasteiger partial charge in [0, 0.05) is 5.02 Å². The molecule has 122 valence electrons. The van der Waals surface area contributed by atoms with E-state index in [0.29, 0.717) is 5.02 Å². The lowest BCUT2D eigenvalue weighted by Crippen LogP contribution is -2.06. The molecule has 0 amide bonds. The Bertz CT molecular complexity index is 710. The molecule has 0 heterocycles. The third kappa shape index (κ3) is 5.23. The van der Waals surface area contributed by atoms with Crippen molar-refractivity contribution in [2.45, 2.75) is 26.9 Å². The summed E-state index contributed by atoms with van der Waals surface area (Å²) in [6.07, 6.45) is 1.85. The van der Waals surface area contributed by atoms with Crippen LogP contribution in [0.2, 0.25) is 5.02 Å². The minimum Gasteiger partial charge on any atom is -0.489 e. The van der Waals surface area contributed by atoms with E-state index >= 15 is 0 Å². The van der Waals surface area contributed by atoms with Crippen LogP contribution in [0.25, 0.3) is 0 Å². The van der Waals surface area contributed by atoms with E-state index in [1.165, 1.54) is 0 Å². The lowest BCUT2D eigenvalue weighted by Gasteiger charge is -2.13. The van der Waals surface area contributed by atoms with E-state index in [4.69, 9.17) is 16.3 Å². The Morgan fingerprint density at radius 1 is 1.17 bits per heavy atom. The van der Waals surface area contributed by atoms with Crippen molar-refractivity contribution in [3.63, 3.8) is 0 Å². The highest BCUT2D eigenvalue weighted by atomic mass is 79.9. The number of halogens is 3. The van der Waals surface area contributed by atoms with Gasteiger partial charge in [-0.3, -0.25) is 5.43 Å². The molecule has 0 spiro atoms. The van der Waals surface area contributed by atoms with Crippen LogP contribution < -0.4 is 10.2 Å². The molecule has 3 nitrogen and oxygen atoms in total. The van der Waals surface area contributed by atoms with Crippen molar-refractivity contribution in [3.8, 4) is 5.75 Å². The zero-order valence-electron chi connectivity index (χ0n) is 13.0. The molecule has 0 aromatic heterocycles. The molecule has 6 heteroatoms. The van der Waals surface area contributed by atoms with E-state index in [-0.39, 0.29) is 6.10 Å². The second-order valence-electron chi connectivity index (χ2n) is 5.31. The van der Waals surface area contributed by atoms with Gasteiger partial charge in [-0.25, -0.2) is 0 Å². The largest absolute Gasteiger partial charge is 0.489 e. The molecule has 2 rings (SSSR count). The summed E-state index contributed by atoms with van der Waals surface area (Å²) in [5.74, 6) is 0.787. The SMILES string of the molecule is Cc1ccc(NN=Cc2cc(Br)c(OC(C)C)c(Br)c2)cc1Cl. The summed E-state index contributed by atoms with van der Waals surface area (Å²) in [6, 6.07) is 9.64. The van der Waals surface area contributed by atoms with Crippen molar-refractivity contribution in [1.82, 2.24) is 0 Å². The van der Waals surface area contributed by atoms with E-state index in [0.717, 1.165) is 31.5 Å². The quantitative estimate of drug-likeness (QED) is 0.413. The highest BCUT2D eigenvalue weighted by molar-refractivity contribution is 9.11. The van der Waals surface area contributed by atoms with Gasteiger partial charge in [-0.2, -0.15) is 5.10 Å². The number of rotatable bonds is 5. The fourth-order valence-electron chi connectivity index (χ4n) is 1.85. The molecule has 0 saturated carbocycles. The van der Waals surface area contributed by atoms with E-state index in [1.807, 2.05) is 51.1 Å². The number of hydrogen-bond acceptors (Lipinski definition) is 3. The van der Waals surface area contributed by atoms with E-state index in [9.17, 15) is 0 Å². The number of hydrazone groups is 1. The molecular formula is C17H17Br2ClN2O. The summed E-state index contributed by atoms with van der Waals surface area (Å²) in [7, 11) is 0. The van der Waals surface area contributed by atoms with Crippen LogP contribution >= 0.6 is 43.5 Å². The predicted molar refractivity (Wildman–Crippen MR) is 105 cm³/mol. The van der Waals surface area contributed by atoms with Gasteiger partial charge in [-0.1, -0.05) is 17.7 Å². The van der Waals surface area contributed by atoms with Crippen LogP contribution in [-0.2, 0) is 0 Å². The average Bonchev–Trinajstić information content (AvgIpc) is 2.46. The van der Waals surface area contributed by atoms with Crippen molar-refractivity contribution in [1.29, 1.82) is 0 Å². The standard InChI is InChI=1S/C17H17Br2ClN2O/c1-10(2)23-17-14(18)6-12(7-15(17)19)9-21-22-13-5-4-11(3)16(20)8-13/h4-10,22H,1-3H3. The Balaban J connectivity index is 2.12. The first kappa shape index (κ1) is 18.3. The molecule has 0 fully saturated rings. The lowest BCUT2D eigenvalue weighted by atomic mass is 10.2. The van der Waals surface area contributed by atoms with Crippen LogP contribution in [0.15, 0.2) is 44.4 Å². The Morgan fingerprint density at radius 3 is 2.39 bits per heavy atom. The number of nitrogens with one attached hydrogen (secondary N) is 1. The first-order valence-electron chi connectivity index (χ1n) is 7.07. The zero-order chi connectivity index (χ0) is 17.0. The molecule has 0 aliphatic rings. The summed E-state index contributed by atoms with van der Waals surface area (Å²) < 4.78 is 7.51. The maximum atomic E-state index is 6.09. The third-order valence-corrected chi connectivity index (χ3v) is 4.54. The molecule has 0 atom stereocenters. The normalized spacial score (nSPS) is 11.3. The monoisotopic (exact) mass is 458 g/mol. The third-order valence-electron chi connectivity index (χ3n) is 2.95. The summed E-state index contributed by atoms with van der Waals surface area (Å²) in [4.78, 5) is 0. The molecule has 2 aromatic rings. The number of benzene rings is 2. The Morgan fingerprint density at radius 2 is 1.83 bits per heavy atom. The summed E-state index contributed by atoms with van der Waals surface area (Å²) in [6.45, 7) is 5.95. The van der Waals surface area contributed by atoms with E-state index in [1.54, 1.807) is 6.21 Å². The summed E-state index contributed by atoms with van der Waals surface area (Å²) in [5, 5.41) is 4.95. The van der Waals surface area contributed by atoms with Crippen LogP contribution in [0.4, 0.5) is 5.69 Å². The van der Waals surface area contributed by atoms with Gasteiger partial charge < -0.3 is 4.74 Å². The van der Waals surface area contributed by atoms with Crippen molar-refractivity contribution in [3.05, 3.63) is 55.4 Å². The van der Waals surface area contributed by atoms with Gasteiger partial charge in [0.05, 0.1) is 27.0 Å². The van der Waals surface area contributed by atoms with Crippen LogP contribution in [0, 0.1) is 6.92 Å². The maximum absolute atomic E-state index is 6.09. The van der Waals surface area contributed by atoms with Crippen LogP contribution in [0.5, 0.6) is 5.75 Å². The molecule has 2 aromatic carbocycles. The predicted octanol–water partition coefficient (Wildman–Crippen LogP) is 6.41. The average molecular weight is 461 g/mol. The van der Waals surface area contributed by atoms with Gasteiger partial charge in [0.15, 0.2) is 0 Å². The van der Waals surface area contributed by atoms with Gasteiger partial charge in [-0.15, -0.1) is 0 Å². The van der Waals surface area contributed by atoms with Gasteiger partial charge >= 0.3 is 0 Å². The van der Waals surface area contributed by atoms with Crippen molar-refractivity contribution in [2.24, 2.45) is 5.10 Å². The smallest absolute Gasteiger partial charge is 0.148 e. The highest BCUT2D eigenvalue weighted by Gasteiger charge is 2.09. The zero-order valence-corrected chi connectivity index (χ0v) is 17.0. The first-order valence-corrected chi connectivity index (χ1v) is 9.04. The first-order chi connectivity index (χ1) is 10.9. The van der Waals surface area contributed by atoms with Crippen LogP contribution in [-0.4, -0.2) is 12.3 Å². The van der Waals surface area contributed by atoms with Gasteiger partial charge in [-0.05, 0) is 88.0 Å². The van der Waals surface area contributed by atoms with E-state index < -0.39 is 0 Å². The molecule has 1 N–H and O–H groups in total. The van der Waals surface area contributed by atoms with Crippen LogP contribution in [0.3, 0.4) is 0 Å². The maximum Gasteiger partial charge on any atom is 0.148 e. The number of hydrogen-bond donors (Lipinski definition) is 1. The Hall–Kier alpha value is -1.04. The number of nitrogens with zero attached hydrogens (tertiary/aromatic N) is 1. The Labute approximate surface area is 158 Å². The molecule has 0 radical (unpaired) electrons. The minimum absolute atomic E-state index is 0.107. The molecular weight excluding hydrogens is 443 g/mol. The van der Waals surface area contributed by atoms with Crippen molar-refractivity contribution in [2.75, 3.05) is 5.43 Å².